The Morgan fingerprint density at radius 2 is 1.61 bits per heavy atom. The van der Waals surface area contributed by atoms with Crippen LogP contribution in [0.5, 0.6) is 0 Å². The van der Waals surface area contributed by atoms with Crippen molar-refractivity contribution in [1.29, 1.82) is 0 Å². The quantitative estimate of drug-likeness (QED) is 0.452. The van der Waals surface area contributed by atoms with Crippen molar-refractivity contribution in [3.8, 4) is 0 Å². The van der Waals surface area contributed by atoms with Crippen molar-refractivity contribution in [3.05, 3.63) is 35.9 Å². The zero-order valence-electron chi connectivity index (χ0n) is 17.2. The van der Waals surface area contributed by atoms with Crippen LogP contribution in [0.25, 0.3) is 0 Å². The molecule has 0 saturated carbocycles. The Hall–Kier alpha value is -1.60. The summed E-state index contributed by atoms with van der Waals surface area (Å²) in [6, 6.07) is 9.39. The van der Waals surface area contributed by atoms with Crippen LogP contribution in [0.4, 0.5) is 4.79 Å². The van der Waals surface area contributed by atoms with E-state index in [1.165, 1.54) is 0 Å². The molecule has 0 unspecified atom stereocenters. The van der Waals surface area contributed by atoms with Gasteiger partial charge in [0.1, 0.15) is 16.4 Å². The van der Waals surface area contributed by atoms with Crippen LogP contribution in [0.2, 0.25) is 0 Å². The number of ether oxygens (including phenoxy) is 1. The molecule has 28 heavy (non-hydrogen) atoms. The average molecular weight is 414 g/mol. The molecule has 1 rings (SSSR count). The van der Waals surface area contributed by atoms with E-state index in [1.807, 2.05) is 30.3 Å². The number of aliphatic hydroxyl groups is 1. The summed E-state index contributed by atoms with van der Waals surface area (Å²) in [6.45, 7) is 4.00. The highest BCUT2D eigenvalue weighted by Crippen LogP contribution is 2.13. The van der Waals surface area contributed by atoms with Gasteiger partial charge in [-0.3, -0.25) is 0 Å². The first-order valence-electron chi connectivity index (χ1n) is 10.0. The molecule has 0 atom stereocenters. The van der Waals surface area contributed by atoms with Gasteiger partial charge in [-0.2, -0.15) is 0 Å². The fraction of sp³-hybridized carbons (Fsp3) is 0.667. The van der Waals surface area contributed by atoms with Crippen molar-refractivity contribution in [2.75, 3.05) is 18.1 Å². The molecule has 0 spiro atoms. The summed E-state index contributed by atoms with van der Waals surface area (Å²) in [7, 11) is -3.14. The van der Waals surface area contributed by atoms with Crippen molar-refractivity contribution in [3.63, 3.8) is 0 Å². The lowest BCUT2D eigenvalue weighted by Gasteiger charge is -2.25. The molecule has 7 heteroatoms. The van der Waals surface area contributed by atoms with Crippen molar-refractivity contribution in [2.24, 2.45) is 0 Å². The fourth-order valence-electron chi connectivity index (χ4n) is 2.75. The van der Waals surface area contributed by atoms with Crippen LogP contribution in [0, 0.1) is 0 Å². The molecule has 0 aliphatic carbocycles. The van der Waals surface area contributed by atoms with E-state index in [0.29, 0.717) is 12.8 Å². The van der Waals surface area contributed by atoms with Gasteiger partial charge in [-0.25, -0.2) is 13.2 Å². The Labute approximate surface area is 169 Å². The number of unbranched alkanes of at least 4 members (excludes halogenated alkanes) is 5. The molecule has 2 N–H and O–H groups in total. The summed E-state index contributed by atoms with van der Waals surface area (Å²) < 4.78 is 29.7. The van der Waals surface area contributed by atoms with Gasteiger partial charge in [0.05, 0.1) is 11.5 Å². The number of nitrogens with one attached hydrogen (secondary N) is 1. The third kappa shape index (κ3) is 12.0. The molecule has 0 aromatic heterocycles. The predicted molar refractivity (Wildman–Crippen MR) is 112 cm³/mol. The minimum atomic E-state index is -3.14. The van der Waals surface area contributed by atoms with E-state index in [2.05, 4.69) is 5.32 Å². The maximum atomic E-state index is 12.2. The molecule has 0 fully saturated rings. The van der Waals surface area contributed by atoms with Crippen LogP contribution in [0.3, 0.4) is 0 Å². The number of rotatable bonds is 14. The number of carbonyl (C=O) groups is 1. The van der Waals surface area contributed by atoms with Gasteiger partial charge in [0, 0.05) is 12.1 Å². The molecular weight excluding hydrogens is 378 g/mol. The zero-order chi connectivity index (χ0) is 20.9. The van der Waals surface area contributed by atoms with Gasteiger partial charge in [-0.1, -0.05) is 56.0 Å². The minimum Gasteiger partial charge on any atom is -0.445 e. The van der Waals surface area contributed by atoms with Gasteiger partial charge >= 0.3 is 6.09 Å². The van der Waals surface area contributed by atoms with Gasteiger partial charge in [0.2, 0.25) is 0 Å². The molecule has 0 aliphatic heterocycles. The molecule has 1 amide bonds. The van der Waals surface area contributed by atoms with E-state index in [-0.39, 0.29) is 24.7 Å². The number of sulfone groups is 1. The number of carbonyl (C=O) groups excluding carboxylic acids is 1. The Bertz CT molecular complexity index is 659. The number of benzene rings is 1. The number of amides is 1. The van der Waals surface area contributed by atoms with Gasteiger partial charge in [-0.05, 0) is 38.7 Å². The molecule has 0 heterocycles. The first-order valence-corrected chi connectivity index (χ1v) is 11.9. The number of alkyl carbamates (subject to hydrolysis) is 1. The minimum absolute atomic E-state index is 0.0451. The third-order valence-electron chi connectivity index (χ3n) is 4.55. The van der Waals surface area contributed by atoms with Gasteiger partial charge in [0.15, 0.2) is 0 Å². The van der Waals surface area contributed by atoms with Crippen molar-refractivity contribution in [1.82, 2.24) is 5.32 Å². The van der Waals surface area contributed by atoms with Crippen LogP contribution in [-0.4, -0.2) is 43.3 Å². The lowest BCUT2D eigenvalue weighted by molar-refractivity contribution is 0.129. The maximum Gasteiger partial charge on any atom is 0.407 e. The summed E-state index contributed by atoms with van der Waals surface area (Å²) in [5.41, 5.74) is 0.236. The Morgan fingerprint density at radius 1 is 1.00 bits per heavy atom. The topological polar surface area (TPSA) is 92.7 Å². The molecule has 1 aromatic carbocycles. The third-order valence-corrected chi connectivity index (χ3v) is 6.29. The fourth-order valence-corrected chi connectivity index (χ4v) is 4.42. The highest BCUT2D eigenvalue weighted by molar-refractivity contribution is 7.91. The van der Waals surface area contributed by atoms with Crippen LogP contribution in [-0.2, 0) is 21.2 Å². The van der Waals surface area contributed by atoms with E-state index < -0.39 is 21.5 Å². The van der Waals surface area contributed by atoms with E-state index in [9.17, 15) is 13.2 Å². The average Bonchev–Trinajstić information content (AvgIpc) is 2.65. The Morgan fingerprint density at radius 3 is 2.25 bits per heavy atom. The molecule has 6 nitrogen and oxygen atoms in total. The lowest BCUT2D eigenvalue weighted by atomic mass is 10.0. The van der Waals surface area contributed by atoms with Gasteiger partial charge in [0.25, 0.3) is 0 Å². The van der Waals surface area contributed by atoms with E-state index in [1.54, 1.807) is 13.8 Å². The van der Waals surface area contributed by atoms with Crippen molar-refractivity contribution < 1.29 is 23.1 Å². The summed E-state index contributed by atoms with van der Waals surface area (Å²) in [5.74, 6) is 0.227. The molecule has 1 aromatic rings. The normalized spacial score (nSPS) is 12.0. The van der Waals surface area contributed by atoms with Crippen molar-refractivity contribution >= 4 is 15.9 Å². The summed E-state index contributed by atoms with van der Waals surface area (Å²) >= 11 is 0. The molecule has 0 saturated heterocycles. The molecular formula is C21H35NO5S. The first-order chi connectivity index (χ1) is 13.2. The summed E-state index contributed by atoms with van der Waals surface area (Å²) in [5, 5.41) is 11.5. The van der Waals surface area contributed by atoms with Crippen LogP contribution in [0.15, 0.2) is 30.3 Å². The highest BCUT2D eigenvalue weighted by Gasteiger charge is 2.24. The predicted octanol–water partition coefficient (Wildman–Crippen LogP) is 3.83. The second kappa shape index (κ2) is 12.8. The molecule has 0 radical (unpaired) electrons. The zero-order valence-corrected chi connectivity index (χ0v) is 18.0. The van der Waals surface area contributed by atoms with E-state index in [0.717, 1.165) is 37.7 Å². The van der Waals surface area contributed by atoms with E-state index >= 15 is 0 Å². The molecule has 0 bridgehead atoms. The SMILES string of the molecule is CC(C)(CCS(=O)(=O)CCCCCCCCO)NC(=O)OCc1ccccc1. The first kappa shape index (κ1) is 24.4. The van der Waals surface area contributed by atoms with Crippen molar-refractivity contribution in [2.45, 2.75) is 70.9 Å². The van der Waals surface area contributed by atoms with Crippen LogP contribution in [0.1, 0.15) is 64.4 Å². The second-order valence-electron chi connectivity index (χ2n) is 7.82. The summed E-state index contributed by atoms with van der Waals surface area (Å²) in [4.78, 5) is 12.0. The maximum absolute atomic E-state index is 12.2. The smallest absolute Gasteiger partial charge is 0.407 e. The van der Waals surface area contributed by atoms with Gasteiger partial charge in [-0.15, -0.1) is 0 Å². The monoisotopic (exact) mass is 413 g/mol. The Balaban J connectivity index is 2.25. The van der Waals surface area contributed by atoms with Crippen LogP contribution >= 0.6 is 0 Å². The lowest BCUT2D eigenvalue weighted by Crippen LogP contribution is -2.44. The molecule has 0 aliphatic rings. The standard InChI is InChI=1S/C21H35NO5S/c1-21(2,22-20(24)27-18-19-12-8-7-9-13-19)14-17-28(25,26)16-11-6-4-3-5-10-15-23/h7-9,12-13,23H,3-6,10-11,14-18H2,1-2H3,(H,22,24). The second-order valence-corrected chi connectivity index (χ2v) is 10.1. The number of aliphatic hydroxyl groups excluding tert-OH is 1. The summed E-state index contributed by atoms with van der Waals surface area (Å²) in [6.07, 6.45) is 5.17. The highest BCUT2D eigenvalue weighted by atomic mass is 32.2. The largest absolute Gasteiger partial charge is 0.445 e. The molecule has 160 valence electrons. The van der Waals surface area contributed by atoms with Gasteiger partial charge < -0.3 is 15.2 Å². The van der Waals surface area contributed by atoms with Crippen LogP contribution < -0.4 is 5.32 Å². The Kier molecular flexibility index (Phi) is 11.2. The number of hydrogen-bond acceptors (Lipinski definition) is 5. The number of hydrogen-bond donors (Lipinski definition) is 2. The van der Waals surface area contributed by atoms with E-state index in [4.69, 9.17) is 9.84 Å².